The molecule has 1 aliphatic rings. The van der Waals surface area contributed by atoms with Crippen molar-refractivity contribution < 1.29 is 9.90 Å². The normalized spacial score (nSPS) is 15.6. The largest absolute Gasteiger partial charge is 0.395 e. The maximum Gasteiger partial charge on any atom is 0.236 e. The highest BCUT2D eigenvalue weighted by atomic mass is 16.3. The van der Waals surface area contributed by atoms with E-state index >= 15 is 0 Å². The zero-order chi connectivity index (χ0) is 15.1. The number of likely N-dealkylation sites (N-methyl/N-ethyl adjacent to an activating group) is 1. The van der Waals surface area contributed by atoms with Gasteiger partial charge in [0.05, 0.1) is 13.2 Å². The van der Waals surface area contributed by atoms with Crippen LogP contribution in [0, 0.1) is 0 Å². The van der Waals surface area contributed by atoms with Crippen molar-refractivity contribution >= 4 is 5.91 Å². The van der Waals surface area contributed by atoms with Gasteiger partial charge in [-0.15, -0.1) is 0 Å². The highest BCUT2D eigenvalue weighted by molar-refractivity contribution is 5.78. The zero-order valence-corrected chi connectivity index (χ0v) is 12.9. The minimum atomic E-state index is 0.117. The van der Waals surface area contributed by atoms with E-state index in [1.165, 1.54) is 12.8 Å². The molecule has 0 radical (unpaired) electrons. The maximum absolute atomic E-state index is 12.4. The number of aliphatic hydroxyl groups is 1. The highest BCUT2D eigenvalue weighted by Crippen LogP contribution is 2.23. The van der Waals surface area contributed by atoms with Crippen molar-refractivity contribution in [2.45, 2.75) is 38.3 Å². The standard InChI is InChI=1S/C17H26N2O2/c1-18(13-15-7-3-2-4-8-15)17(21)14-19(11-12-20)16-9-5-6-10-16/h2-4,7-8,16,20H,5-6,9-14H2,1H3. The molecule has 1 aliphatic carbocycles. The summed E-state index contributed by atoms with van der Waals surface area (Å²) in [5.41, 5.74) is 1.14. The van der Waals surface area contributed by atoms with Crippen LogP contribution in [0.4, 0.5) is 0 Å². The first-order chi connectivity index (χ1) is 10.2. The summed E-state index contributed by atoms with van der Waals surface area (Å²) in [6.45, 7) is 1.76. The van der Waals surface area contributed by atoms with E-state index in [9.17, 15) is 9.90 Å². The molecule has 0 heterocycles. The fourth-order valence-corrected chi connectivity index (χ4v) is 3.03. The summed E-state index contributed by atoms with van der Waals surface area (Å²) in [7, 11) is 1.85. The van der Waals surface area contributed by atoms with Crippen LogP contribution in [0.5, 0.6) is 0 Å². The Hall–Kier alpha value is -1.39. The molecular weight excluding hydrogens is 264 g/mol. The average Bonchev–Trinajstić information content (AvgIpc) is 3.02. The van der Waals surface area contributed by atoms with E-state index in [0.717, 1.165) is 18.4 Å². The molecule has 0 aromatic heterocycles. The molecule has 1 aromatic rings. The summed E-state index contributed by atoms with van der Waals surface area (Å²) in [5.74, 6) is 0.124. The number of carbonyl (C=O) groups is 1. The third-order valence-corrected chi connectivity index (χ3v) is 4.25. The van der Waals surface area contributed by atoms with Crippen LogP contribution in [-0.4, -0.2) is 53.6 Å². The molecule has 1 aromatic carbocycles. The Kier molecular flexibility index (Phi) is 6.21. The summed E-state index contributed by atoms with van der Waals surface area (Å²) in [5, 5.41) is 9.22. The number of hydrogen-bond donors (Lipinski definition) is 1. The lowest BCUT2D eigenvalue weighted by Crippen LogP contribution is -2.43. The van der Waals surface area contributed by atoms with Gasteiger partial charge in [-0.2, -0.15) is 0 Å². The van der Waals surface area contributed by atoms with Gasteiger partial charge >= 0.3 is 0 Å². The first-order valence-corrected chi connectivity index (χ1v) is 7.83. The van der Waals surface area contributed by atoms with Crippen LogP contribution >= 0.6 is 0 Å². The van der Waals surface area contributed by atoms with E-state index < -0.39 is 0 Å². The Morgan fingerprint density at radius 2 is 1.90 bits per heavy atom. The predicted molar refractivity (Wildman–Crippen MR) is 83.8 cm³/mol. The van der Waals surface area contributed by atoms with Crippen molar-refractivity contribution in [3.63, 3.8) is 0 Å². The van der Waals surface area contributed by atoms with Crippen LogP contribution in [0.1, 0.15) is 31.2 Å². The van der Waals surface area contributed by atoms with E-state index in [0.29, 0.717) is 25.7 Å². The molecule has 0 aliphatic heterocycles. The van der Waals surface area contributed by atoms with Crippen LogP contribution in [0.25, 0.3) is 0 Å². The maximum atomic E-state index is 12.4. The fourth-order valence-electron chi connectivity index (χ4n) is 3.03. The smallest absolute Gasteiger partial charge is 0.236 e. The van der Waals surface area contributed by atoms with Crippen LogP contribution in [0.3, 0.4) is 0 Å². The Morgan fingerprint density at radius 1 is 1.24 bits per heavy atom. The van der Waals surface area contributed by atoms with Gasteiger partial charge in [-0.3, -0.25) is 9.69 Å². The van der Waals surface area contributed by atoms with Gasteiger partial charge in [0.25, 0.3) is 0 Å². The number of benzene rings is 1. The lowest BCUT2D eigenvalue weighted by molar-refractivity contribution is -0.132. The number of hydrogen-bond acceptors (Lipinski definition) is 3. The molecule has 1 amide bonds. The van der Waals surface area contributed by atoms with Crippen molar-refractivity contribution in [1.82, 2.24) is 9.80 Å². The first-order valence-electron chi connectivity index (χ1n) is 7.83. The summed E-state index contributed by atoms with van der Waals surface area (Å²) in [6, 6.07) is 10.5. The van der Waals surface area contributed by atoms with E-state index in [-0.39, 0.29) is 12.5 Å². The quantitative estimate of drug-likeness (QED) is 0.834. The molecule has 4 heteroatoms. The molecule has 2 rings (SSSR count). The van der Waals surface area contributed by atoms with E-state index in [1.807, 2.05) is 37.4 Å². The molecule has 0 unspecified atom stereocenters. The molecule has 0 spiro atoms. The number of carbonyl (C=O) groups excluding carboxylic acids is 1. The van der Waals surface area contributed by atoms with Crippen LogP contribution in [-0.2, 0) is 11.3 Å². The van der Waals surface area contributed by atoms with Crippen molar-refractivity contribution in [2.24, 2.45) is 0 Å². The van der Waals surface area contributed by atoms with E-state index in [4.69, 9.17) is 0 Å². The molecule has 21 heavy (non-hydrogen) atoms. The summed E-state index contributed by atoms with van der Waals surface area (Å²) < 4.78 is 0. The minimum Gasteiger partial charge on any atom is -0.395 e. The number of amides is 1. The predicted octanol–water partition coefficient (Wildman–Crippen LogP) is 1.88. The lowest BCUT2D eigenvalue weighted by Gasteiger charge is -2.29. The molecule has 1 saturated carbocycles. The molecule has 0 saturated heterocycles. The van der Waals surface area contributed by atoms with Crippen molar-refractivity contribution in [2.75, 3.05) is 26.7 Å². The lowest BCUT2D eigenvalue weighted by atomic mass is 10.2. The van der Waals surface area contributed by atoms with Gasteiger partial charge in [0.2, 0.25) is 5.91 Å². The van der Waals surface area contributed by atoms with Gasteiger partial charge in [-0.25, -0.2) is 0 Å². The Morgan fingerprint density at radius 3 is 2.52 bits per heavy atom. The minimum absolute atomic E-state index is 0.117. The molecule has 1 N–H and O–H groups in total. The zero-order valence-electron chi connectivity index (χ0n) is 12.9. The van der Waals surface area contributed by atoms with Gasteiger partial charge in [-0.1, -0.05) is 43.2 Å². The summed E-state index contributed by atoms with van der Waals surface area (Å²) in [6.07, 6.45) is 4.77. The molecular formula is C17H26N2O2. The number of nitrogens with zero attached hydrogens (tertiary/aromatic N) is 2. The third-order valence-electron chi connectivity index (χ3n) is 4.25. The van der Waals surface area contributed by atoms with Gasteiger partial charge in [-0.05, 0) is 18.4 Å². The second-order valence-corrected chi connectivity index (χ2v) is 5.87. The van der Waals surface area contributed by atoms with Gasteiger partial charge in [0.1, 0.15) is 0 Å². The first kappa shape index (κ1) is 16.0. The second-order valence-electron chi connectivity index (χ2n) is 5.87. The number of rotatable bonds is 7. The highest BCUT2D eigenvalue weighted by Gasteiger charge is 2.24. The Labute approximate surface area is 127 Å². The van der Waals surface area contributed by atoms with E-state index in [1.54, 1.807) is 4.90 Å². The molecule has 1 fully saturated rings. The van der Waals surface area contributed by atoms with Gasteiger partial charge in [0.15, 0.2) is 0 Å². The Balaban J connectivity index is 1.88. The molecule has 116 valence electrons. The summed E-state index contributed by atoms with van der Waals surface area (Å²) in [4.78, 5) is 16.3. The van der Waals surface area contributed by atoms with E-state index in [2.05, 4.69) is 4.90 Å². The molecule has 0 atom stereocenters. The second kappa shape index (κ2) is 8.15. The summed E-state index contributed by atoms with van der Waals surface area (Å²) >= 11 is 0. The number of aliphatic hydroxyl groups excluding tert-OH is 1. The van der Waals surface area contributed by atoms with Crippen molar-refractivity contribution in [1.29, 1.82) is 0 Å². The fraction of sp³-hybridized carbons (Fsp3) is 0.588. The van der Waals surface area contributed by atoms with Crippen molar-refractivity contribution in [3.8, 4) is 0 Å². The average molecular weight is 290 g/mol. The molecule has 4 nitrogen and oxygen atoms in total. The topological polar surface area (TPSA) is 43.8 Å². The van der Waals surface area contributed by atoms with Crippen LogP contribution in [0.2, 0.25) is 0 Å². The van der Waals surface area contributed by atoms with Crippen molar-refractivity contribution in [3.05, 3.63) is 35.9 Å². The SMILES string of the molecule is CN(Cc1ccccc1)C(=O)CN(CCO)C1CCCC1. The molecule has 0 bridgehead atoms. The van der Waals surface area contributed by atoms with Crippen LogP contribution < -0.4 is 0 Å². The van der Waals surface area contributed by atoms with Gasteiger partial charge < -0.3 is 10.0 Å². The third kappa shape index (κ3) is 4.83. The monoisotopic (exact) mass is 290 g/mol. The van der Waals surface area contributed by atoms with Gasteiger partial charge in [0, 0.05) is 26.2 Å². The Bertz CT molecular complexity index is 430. The van der Waals surface area contributed by atoms with Crippen LogP contribution in [0.15, 0.2) is 30.3 Å².